The molecule has 7 heteroatoms. The van der Waals surface area contributed by atoms with Crippen molar-refractivity contribution in [2.45, 2.75) is 39.5 Å². The van der Waals surface area contributed by atoms with Crippen molar-refractivity contribution in [1.82, 2.24) is 20.0 Å². The molecule has 0 amide bonds. The molecule has 3 N–H and O–H groups in total. The Morgan fingerprint density at radius 1 is 0.704 bits per heavy atom. The maximum atomic E-state index is 8.85. The first-order chi connectivity index (χ1) is 12.9. The predicted octanol–water partition coefficient (Wildman–Crippen LogP) is 1.80. The highest BCUT2D eigenvalue weighted by Gasteiger charge is 2.03. The molecule has 0 aromatic carbocycles. The fraction of sp³-hybridized carbons (Fsp3) is 1.00. The summed E-state index contributed by atoms with van der Waals surface area (Å²) in [6, 6.07) is 0. The fourth-order valence-corrected chi connectivity index (χ4v) is 2.21. The van der Waals surface area contributed by atoms with Crippen LogP contribution in [-0.4, -0.2) is 118 Å². The number of likely N-dealkylation sites (N-methyl/N-ethyl adjacent to an activating group) is 1. The van der Waals surface area contributed by atoms with Gasteiger partial charge in [-0.3, -0.25) is 4.90 Å². The highest BCUT2D eigenvalue weighted by molar-refractivity contribution is 6.18. The fourth-order valence-electron chi connectivity index (χ4n) is 1.87. The largest absolute Gasteiger partial charge is 0.395 e. The molecule has 168 valence electrons. The standard InChI is InChI=1S/C10H24N2O.C6H15NO.C4H10ClN/c1-4-5-6-12(9-10-13)8-7-11(2)3;1-2-3-4-7-5-6-8;1-6(2)4-3-5/h13H,4-10H2,1-3H3;7-8H,2-6H2,1H3;3-4H2,1-2H3. The number of aliphatic hydroxyl groups is 2. The first-order valence-corrected chi connectivity index (χ1v) is 10.9. The Morgan fingerprint density at radius 2 is 1.30 bits per heavy atom. The molecular weight excluding hydrogens is 364 g/mol. The number of unbranched alkanes of at least 4 members (excludes halogenated alkanes) is 2. The molecule has 0 saturated heterocycles. The summed E-state index contributed by atoms with van der Waals surface area (Å²) in [5.41, 5.74) is 0. The van der Waals surface area contributed by atoms with Gasteiger partial charge < -0.3 is 25.3 Å². The zero-order chi connectivity index (χ0) is 21.3. The zero-order valence-corrected chi connectivity index (χ0v) is 19.8. The lowest BCUT2D eigenvalue weighted by Crippen LogP contribution is -2.34. The molecule has 0 heterocycles. The van der Waals surface area contributed by atoms with Crippen LogP contribution < -0.4 is 5.32 Å². The highest BCUT2D eigenvalue weighted by Crippen LogP contribution is 1.94. The van der Waals surface area contributed by atoms with Crippen molar-refractivity contribution >= 4 is 11.6 Å². The summed E-state index contributed by atoms with van der Waals surface area (Å²) >= 11 is 5.35. The number of aliphatic hydroxyl groups excluding tert-OH is 2. The highest BCUT2D eigenvalue weighted by atomic mass is 35.5. The Labute approximate surface area is 174 Å². The van der Waals surface area contributed by atoms with Crippen molar-refractivity contribution in [3.05, 3.63) is 0 Å². The van der Waals surface area contributed by atoms with Crippen molar-refractivity contribution in [2.24, 2.45) is 0 Å². The maximum absolute atomic E-state index is 8.85. The summed E-state index contributed by atoms with van der Waals surface area (Å²) < 4.78 is 0. The number of nitrogens with zero attached hydrogens (tertiary/aromatic N) is 3. The summed E-state index contributed by atoms with van der Waals surface area (Å²) in [4.78, 5) is 6.55. The van der Waals surface area contributed by atoms with Gasteiger partial charge in [0, 0.05) is 38.6 Å². The summed E-state index contributed by atoms with van der Waals surface area (Å²) in [6.45, 7) is 11.7. The van der Waals surface area contributed by atoms with Crippen molar-refractivity contribution in [1.29, 1.82) is 0 Å². The second kappa shape index (κ2) is 28.3. The minimum atomic E-state index is 0.254. The number of rotatable bonds is 15. The summed E-state index contributed by atoms with van der Waals surface area (Å²) in [6.07, 6.45) is 4.88. The Balaban J connectivity index is -0.000000351. The third kappa shape index (κ3) is 37.5. The molecule has 0 fully saturated rings. The average Bonchev–Trinajstić information content (AvgIpc) is 2.62. The molecule has 0 atom stereocenters. The molecule has 0 rings (SSSR count). The molecule has 0 saturated carbocycles. The van der Waals surface area contributed by atoms with E-state index in [0.717, 1.165) is 51.7 Å². The third-order valence-electron chi connectivity index (χ3n) is 3.63. The van der Waals surface area contributed by atoms with Gasteiger partial charge in [0.1, 0.15) is 0 Å². The van der Waals surface area contributed by atoms with E-state index in [-0.39, 0.29) is 13.2 Å². The normalized spacial score (nSPS) is 10.7. The second-order valence-corrected chi connectivity index (χ2v) is 7.42. The average molecular weight is 413 g/mol. The van der Waals surface area contributed by atoms with Crippen LogP contribution in [0.1, 0.15) is 39.5 Å². The molecule has 27 heavy (non-hydrogen) atoms. The van der Waals surface area contributed by atoms with Gasteiger partial charge in [-0.2, -0.15) is 0 Å². The van der Waals surface area contributed by atoms with Crippen LogP contribution in [0.3, 0.4) is 0 Å². The number of hydrogen-bond acceptors (Lipinski definition) is 6. The number of alkyl halides is 1. The lowest BCUT2D eigenvalue weighted by molar-refractivity contribution is 0.182. The Morgan fingerprint density at radius 3 is 1.67 bits per heavy atom. The zero-order valence-electron chi connectivity index (χ0n) is 19.0. The van der Waals surface area contributed by atoms with Crippen LogP contribution in [0.5, 0.6) is 0 Å². The first kappa shape index (κ1) is 31.7. The third-order valence-corrected chi connectivity index (χ3v) is 3.80. The maximum Gasteiger partial charge on any atom is 0.0558 e. The molecular formula is C20H49ClN4O2. The van der Waals surface area contributed by atoms with Crippen LogP contribution in [0.15, 0.2) is 0 Å². The molecule has 0 unspecified atom stereocenters. The van der Waals surface area contributed by atoms with E-state index in [1.165, 1.54) is 25.7 Å². The summed E-state index contributed by atoms with van der Waals surface area (Å²) in [5, 5.41) is 20.2. The first-order valence-electron chi connectivity index (χ1n) is 10.4. The number of halogens is 1. The summed E-state index contributed by atoms with van der Waals surface area (Å²) in [5.74, 6) is 0.729. The van der Waals surface area contributed by atoms with Gasteiger partial charge in [0.25, 0.3) is 0 Å². The molecule has 0 aromatic rings. The smallest absolute Gasteiger partial charge is 0.0558 e. The SMILES string of the molecule is CCCCN(CCO)CCN(C)C.CCCCNCCO.CN(C)CCCl. The molecule has 0 aliphatic rings. The Kier molecular flexibility index (Phi) is 33.2. The van der Waals surface area contributed by atoms with Crippen LogP contribution >= 0.6 is 11.6 Å². The van der Waals surface area contributed by atoms with E-state index < -0.39 is 0 Å². The predicted molar refractivity (Wildman–Crippen MR) is 121 cm³/mol. The Bertz CT molecular complexity index is 242. The van der Waals surface area contributed by atoms with Gasteiger partial charge in [0.15, 0.2) is 0 Å². The van der Waals surface area contributed by atoms with Crippen molar-refractivity contribution in [2.75, 3.05) is 93.1 Å². The van der Waals surface area contributed by atoms with E-state index in [0.29, 0.717) is 0 Å². The van der Waals surface area contributed by atoms with E-state index in [1.54, 1.807) is 0 Å². The summed E-state index contributed by atoms with van der Waals surface area (Å²) in [7, 11) is 8.17. The topological polar surface area (TPSA) is 62.2 Å². The minimum Gasteiger partial charge on any atom is -0.395 e. The lowest BCUT2D eigenvalue weighted by Gasteiger charge is -2.22. The number of hydrogen-bond donors (Lipinski definition) is 3. The van der Waals surface area contributed by atoms with Gasteiger partial charge >= 0.3 is 0 Å². The molecule has 0 bridgehead atoms. The van der Waals surface area contributed by atoms with E-state index in [2.05, 4.69) is 43.1 Å². The molecule has 0 aromatic heterocycles. The van der Waals surface area contributed by atoms with Crippen LogP contribution in [0, 0.1) is 0 Å². The Hall–Kier alpha value is 0.0500. The van der Waals surface area contributed by atoms with E-state index >= 15 is 0 Å². The van der Waals surface area contributed by atoms with Crippen LogP contribution in [0.4, 0.5) is 0 Å². The van der Waals surface area contributed by atoms with Crippen molar-refractivity contribution in [3.8, 4) is 0 Å². The van der Waals surface area contributed by atoms with Gasteiger partial charge in [-0.15, -0.1) is 11.6 Å². The van der Waals surface area contributed by atoms with E-state index in [4.69, 9.17) is 21.8 Å². The van der Waals surface area contributed by atoms with E-state index in [1.807, 2.05) is 19.0 Å². The molecule has 0 radical (unpaired) electrons. The van der Waals surface area contributed by atoms with Gasteiger partial charge in [-0.25, -0.2) is 0 Å². The van der Waals surface area contributed by atoms with Crippen LogP contribution in [0.25, 0.3) is 0 Å². The molecule has 0 aliphatic carbocycles. The van der Waals surface area contributed by atoms with Crippen molar-refractivity contribution in [3.63, 3.8) is 0 Å². The molecule has 0 spiro atoms. The van der Waals surface area contributed by atoms with Crippen LogP contribution in [-0.2, 0) is 0 Å². The monoisotopic (exact) mass is 412 g/mol. The quantitative estimate of drug-likeness (QED) is 0.281. The number of nitrogens with one attached hydrogen (secondary N) is 1. The lowest BCUT2D eigenvalue weighted by atomic mass is 10.3. The molecule has 0 aliphatic heterocycles. The van der Waals surface area contributed by atoms with Crippen molar-refractivity contribution < 1.29 is 10.2 Å². The van der Waals surface area contributed by atoms with Gasteiger partial charge in [-0.05, 0) is 54.1 Å². The van der Waals surface area contributed by atoms with Gasteiger partial charge in [0.2, 0.25) is 0 Å². The van der Waals surface area contributed by atoms with Gasteiger partial charge in [0.05, 0.1) is 13.2 Å². The second-order valence-electron chi connectivity index (χ2n) is 7.04. The minimum absolute atomic E-state index is 0.254. The van der Waals surface area contributed by atoms with Crippen LogP contribution in [0.2, 0.25) is 0 Å². The van der Waals surface area contributed by atoms with E-state index in [9.17, 15) is 0 Å². The molecule has 6 nitrogen and oxygen atoms in total. The van der Waals surface area contributed by atoms with Gasteiger partial charge in [-0.1, -0.05) is 26.7 Å².